The van der Waals surface area contributed by atoms with Crippen molar-refractivity contribution in [2.45, 2.75) is 32.4 Å². The number of carbonyl (C=O) groups is 1. The molecular formula is C19H20FN3O2. The maximum absolute atomic E-state index is 13.8. The van der Waals surface area contributed by atoms with Crippen LogP contribution in [0.5, 0.6) is 0 Å². The van der Waals surface area contributed by atoms with Gasteiger partial charge in [0, 0.05) is 31.3 Å². The van der Waals surface area contributed by atoms with Crippen molar-refractivity contribution in [2.75, 3.05) is 0 Å². The van der Waals surface area contributed by atoms with Gasteiger partial charge in [-0.25, -0.2) is 4.39 Å². The monoisotopic (exact) mass is 341 g/mol. The van der Waals surface area contributed by atoms with Gasteiger partial charge in [0.25, 0.3) is 0 Å². The van der Waals surface area contributed by atoms with E-state index in [0.717, 1.165) is 0 Å². The van der Waals surface area contributed by atoms with Crippen LogP contribution in [-0.2, 0) is 17.8 Å². The lowest BCUT2D eigenvalue weighted by molar-refractivity contribution is -0.121. The fourth-order valence-electron chi connectivity index (χ4n) is 2.64. The number of halogens is 1. The molecule has 0 aliphatic carbocycles. The lowest BCUT2D eigenvalue weighted by atomic mass is 10.1. The average molecular weight is 341 g/mol. The summed E-state index contributed by atoms with van der Waals surface area (Å²) in [5.74, 6) is 0.755. The Morgan fingerprint density at radius 2 is 2.12 bits per heavy atom. The number of hydrogen-bond donors (Lipinski definition) is 1. The maximum Gasteiger partial charge on any atom is 0.220 e. The largest absolute Gasteiger partial charge is 0.461 e. The van der Waals surface area contributed by atoms with Crippen LogP contribution in [0, 0.1) is 5.82 Å². The van der Waals surface area contributed by atoms with Gasteiger partial charge in [0.1, 0.15) is 17.3 Å². The lowest BCUT2D eigenvalue weighted by Crippen LogP contribution is -2.35. The highest BCUT2D eigenvalue weighted by Crippen LogP contribution is 2.25. The molecule has 2 heterocycles. The third-order valence-electron chi connectivity index (χ3n) is 3.83. The third-order valence-corrected chi connectivity index (χ3v) is 3.83. The van der Waals surface area contributed by atoms with Gasteiger partial charge in [-0.15, -0.1) is 0 Å². The minimum absolute atomic E-state index is 0.0158. The van der Waals surface area contributed by atoms with Crippen molar-refractivity contribution in [3.63, 3.8) is 0 Å². The molecule has 0 saturated carbocycles. The van der Waals surface area contributed by atoms with Crippen molar-refractivity contribution in [3.8, 4) is 11.3 Å². The average Bonchev–Trinajstić information content (AvgIpc) is 3.25. The van der Waals surface area contributed by atoms with Gasteiger partial charge in [-0.3, -0.25) is 9.48 Å². The summed E-state index contributed by atoms with van der Waals surface area (Å²) in [6, 6.07) is 11.8. The Morgan fingerprint density at radius 1 is 1.28 bits per heavy atom. The van der Waals surface area contributed by atoms with E-state index in [2.05, 4.69) is 10.4 Å². The number of rotatable bonds is 7. The van der Waals surface area contributed by atoms with Crippen molar-refractivity contribution < 1.29 is 13.6 Å². The maximum atomic E-state index is 13.8. The number of nitrogens with one attached hydrogen (secondary N) is 1. The Labute approximate surface area is 145 Å². The fourth-order valence-corrected chi connectivity index (χ4v) is 2.64. The van der Waals surface area contributed by atoms with Crippen LogP contribution in [0.15, 0.2) is 59.3 Å². The van der Waals surface area contributed by atoms with E-state index in [1.54, 1.807) is 41.2 Å². The number of benzene rings is 1. The second kappa shape index (κ2) is 7.79. The molecule has 0 aliphatic rings. The molecule has 3 aromatic rings. The molecular weight excluding hydrogens is 321 g/mol. The number of nitrogens with zero attached hydrogens (tertiary/aromatic N) is 2. The third kappa shape index (κ3) is 4.56. The van der Waals surface area contributed by atoms with E-state index in [4.69, 9.17) is 4.42 Å². The van der Waals surface area contributed by atoms with Gasteiger partial charge in [-0.1, -0.05) is 12.1 Å². The zero-order chi connectivity index (χ0) is 17.6. The van der Waals surface area contributed by atoms with E-state index in [-0.39, 0.29) is 17.8 Å². The summed E-state index contributed by atoms with van der Waals surface area (Å²) in [6.45, 7) is 2.56. The molecule has 0 bridgehead atoms. The van der Waals surface area contributed by atoms with Gasteiger partial charge >= 0.3 is 0 Å². The molecule has 5 nitrogen and oxygen atoms in total. The fraction of sp³-hybridized carbons (Fsp3) is 0.263. The molecule has 1 amide bonds. The quantitative estimate of drug-likeness (QED) is 0.716. The molecule has 25 heavy (non-hydrogen) atoms. The van der Waals surface area contributed by atoms with E-state index < -0.39 is 0 Å². The summed E-state index contributed by atoms with van der Waals surface area (Å²) in [5.41, 5.74) is 0.422. The molecule has 0 radical (unpaired) electrons. The molecule has 3 rings (SSSR count). The Morgan fingerprint density at radius 3 is 2.88 bits per heavy atom. The van der Waals surface area contributed by atoms with E-state index >= 15 is 0 Å². The van der Waals surface area contributed by atoms with Gasteiger partial charge in [0.15, 0.2) is 0 Å². The highest BCUT2D eigenvalue weighted by Gasteiger charge is 2.12. The second-order valence-electron chi connectivity index (χ2n) is 5.94. The van der Waals surface area contributed by atoms with Crippen LogP contribution >= 0.6 is 0 Å². The molecule has 0 aliphatic heterocycles. The summed E-state index contributed by atoms with van der Waals surface area (Å²) in [6.07, 6.45) is 4.34. The van der Waals surface area contributed by atoms with Crippen molar-refractivity contribution in [1.82, 2.24) is 15.1 Å². The highest BCUT2D eigenvalue weighted by atomic mass is 19.1. The second-order valence-corrected chi connectivity index (χ2v) is 5.94. The Hall–Kier alpha value is -2.89. The Kier molecular flexibility index (Phi) is 5.28. The highest BCUT2D eigenvalue weighted by molar-refractivity contribution is 5.76. The first-order chi connectivity index (χ1) is 12.1. The van der Waals surface area contributed by atoms with E-state index in [9.17, 15) is 9.18 Å². The first-order valence-electron chi connectivity index (χ1n) is 8.22. The van der Waals surface area contributed by atoms with Crippen LogP contribution in [-0.4, -0.2) is 21.7 Å². The Balaban J connectivity index is 1.50. The number of aryl methyl sites for hydroxylation is 1. The standard InChI is InChI=1S/C19H20FN3O2/c1-14(13-23-12-4-11-21-23)22-19(24)10-8-15-7-9-18(25-15)16-5-2-3-6-17(16)20/h2-7,9,11-12,14H,8,10,13H2,1H3,(H,22,24)/t14-/m0/s1. The molecule has 6 heteroatoms. The lowest BCUT2D eigenvalue weighted by Gasteiger charge is -2.13. The molecule has 0 fully saturated rings. The molecule has 1 atom stereocenters. The van der Waals surface area contributed by atoms with E-state index in [1.165, 1.54) is 6.07 Å². The van der Waals surface area contributed by atoms with E-state index in [1.807, 2.05) is 19.2 Å². The molecule has 0 spiro atoms. The van der Waals surface area contributed by atoms with Crippen molar-refractivity contribution in [1.29, 1.82) is 0 Å². The minimum atomic E-state index is -0.325. The van der Waals surface area contributed by atoms with Crippen molar-refractivity contribution in [2.24, 2.45) is 0 Å². The van der Waals surface area contributed by atoms with E-state index in [0.29, 0.717) is 36.5 Å². The summed E-state index contributed by atoms with van der Waals surface area (Å²) >= 11 is 0. The zero-order valence-corrected chi connectivity index (χ0v) is 14.0. The van der Waals surface area contributed by atoms with Crippen LogP contribution in [0.25, 0.3) is 11.3 Å². The van der Waals surface area contributed by atoms with Gasteiger partial charge in [0.05, 0.1) is 12.1 Å². The normalized spacial score (nSPS) is 12.1. The van der Waals surface area contributed by atoms with Crippen LogP contribution in [0.3, 0.4) is 0 Å². The summed E-state index contributed by atoms with van der Waals surface area (Å²) < 4.78 is 21.2. The predicted molar refractivity (Wildman–Crippen MR) is 92.3 cm³/mol. The number of aromatic nitrogens is 2. The first kappa shape index (κ1) is 17.0. The van der Waals surface area contributed by atoms with Crippen LogP contribution in [0.2, 0.25) is 0 Å². The van der Waals surface area contributed by atoms with Crippen LogP contribution in [0.4, 0.5) is 4.39 Å². The van der Waals surface area contributed by atoms with Crippen LogP contribution in [0.1, 0.15) is 19.1 Å². The summed E-state index contributed by atoms with van der Waals surface area (Å²) in [7, 11) is 0. The Bertz CT molecular complexity index is 827. The van der Waals surface area contributed by atoms with Gasteiger partial charge < -0.3 is 9.73 Å². The zero-order valence-electron chi connectivity index (χ0n) is 14.0. The molecule has 130 valence electrons. The SMILES string of the molecule is C[C@@H](Cn1cccn1)NC(=O)CCc1ccc(-c2ccccc2F)o1. The van der Waals surface area contributed by atoms with Gasteiger partial charge in [0.2, 0.25) is 5.91 Å². The molecule has 1 aromatic carbocycles. The topological polar surface area (TPSA) is 60.1 Å². The molecule has 0 unspecified atom stereocenters. The molecule has 1 N–H and O–H groups in total. The van der Waals surface area contributed by atoms with Crippen molar-refractivity contribution in [3.05, 3.63) is 66.4 Å². The summed E-state index contributed by atoms with van der Waals surface area (Å²) in [4.78, 5) is 12.0. The number of amides is 1. The summed E-state index contributed by atoms with van der Waals surface area (Å²) in [5, 5.41) is 7.05. The van der Waals surface area contributed by atoms with Gasteiger partial charge in [-0.05, 0) is 37.3 Å². The minimum Gasteiger partial charge on any atom is -0.461 e. The van der Waals surface area contributed by atoms with Crippen molar-refractivity contribution >= 4 is 5.91 Å². The predicted octanol–water partition coefficient (Wildman–Crippen LogP) is 3.42. The number of hydrogen-bond acceptors (Lipinski definition) is 3. The molecule has 2 aromatic heterocycles. The van der Waals surface area contributed by atoms with Crippen LogP contribution < -0.4 is 5.32 Å². The van der Waals surface area contributed by atoms with Gasteiger partial charge in [-0.2, -0.15) is 5.10 Å². The first-order valence-corrected chi connectivity index (χ1v) is 8.22. The molecule has 0 saturated heterocycles. The number of carbonyl (C=O) groups excluding carboxylic acids is 1. The smallest absolute Gasteiger partial charge is 0.220 e. The number of furan rings is 1.